The molecule has 0 saturated carbocycles. The summed E-state index contributed by atoms with van der Waals surface area (Å²) in [5.41, 5.74) is 4.32. The zero-order valence-corrected chi connectivity index (χ0v) is 18.5. The van der Waals surface area contributed by atoms with Crippen LogP contribution in [0.2, 0.25) is 0 Å². The number of carbonyl (C=O) groups excluding carboxylic acids is 2. The predicted molar refractivity (Wildman–Crippen MR) is 124 cm³/mol. The number of hydrogen-bond acceptors (Lipinski definition) is 6. The van der Waals surface area contributed by atoms with E-state index >= 15 is 0 Å². The van der Waals surface area contributed by atoms with E-state index in [1.54, 1.807) is 48.5 Å². The molecule has 1 aliphatic rings. The number of nitrogens with one attached hydrogen (secondary N) is 2. The number of rotatable bonds is 4. The molecular weight excluding hydrogens is 430 g/mol. The first-order valence-electron chi connectivity index (χ1n) is 9.67. The van der Waals surface area contributed by atoms with E-state index in [0.717, 1.165) is 11.8 Å². The van der Waals surface area contributed by atoms with E-state index in [1.807, 2.05) is 12.1 Å². The number of hydrogen-bond donors (Lipinski definition) is 2. The molecule has 164 valence electrons. The molecule has 0 fully saturated rings. The van der Waals surface area contributed by atoms with Crippen molar-refractivity contribution in [2.24, 2.45) is 0 Å². The summed E-state index contributed by atoms with van der Waals surface area (Å²) in [5, 5.41) is 6.05. The minimum absolute atomic E-state index is 0.317. The van der Waals surface area contributed by atoms with Crippen LogP contribution in [0.1, 0.15) is 20.7 Å². The van der Waals surface area contributed by atoms with Gasteiger partial charge in [0.05, 0.1) is 47.2 Å². The van der Waals surface area contributed by atoms with Crippen molar-refractivity contribution in [3.05, 3.63) is 71.8 Å². The highest BCUT2D eigenvalue weighted by Gasteiger charge is 2.22. The smallest absolute Gasteiger partial charge is 0.337 e. The van der Waals surface area contributed by atoms with Crippen LogP contribution >= 0.6 is 0 Å². The molecule has 0 atom stereocenters. The van der Waals surface area contributed by atoms with Gasteiger partial charge in [0.2, 0.25) is 10.0 Å². The first-order chi connectivity index (χ1) is 15.2. The van der Waals surface area contributed by atoms with Gasteiger partial charge in [-0.2, -0.15) is 0 Å². The zero-order chi connectivity index (χ0) is 23.0. The standard InChI is InChI=1S/C23H21N3O5S/c1-26(32(3,29)30)21-7-5-4-6-16(21)14-8-10-17-19(12-14)24-18-11-9-15(23(28)31-2)13-20(18)25-22(17)27/h4-13,24H,1-3H3,(H,25,27). The van der Waals surface area contributed by atoms with Gasteiger partial charge in [-0.15, -0.1) is 0 Å². The highest BCUT2D eigenvalue weighted by atomic mass is 32.2. The maximum atomic E-state index is 12.8. The number of benzene rings is 3. The normalized spacial score (nSPS) is 12.5. The van der Waals surface area contributed by atoms with Crippen LogP contribution in [-0.4, -0.2) is 40.7 Å². The average molecular weight is 452 g/mol. The van der Waals surface area contributed by atoms with Crippen molar-refractivity contribution in [3.8, 4) is 11.1 Å². The van der Waals surface area contributed by atoms with Gasteiger partial charge in [0.1, 0.15) is 0 Å². The van der Waals surface area contributed by atoms with Crippen molar-refractivity contribution >= 4 is 44.6 Å². The lowest BCUT2D eigenvalue weighted by Crippen LogP contribution is -2.25. The molecule has 32 heavy (non-hydrogen) atoms. The van der Waals surface area contributed by atoms with Crippen LogP contribution in [0.3, 0.4) is 0 Å². The van der Waals surface area contributed by atoms with Crippen LogP contribution in [0.4, 0.5) is 22.7 Å². The van der Waals surface area contributed by atoms with Crippen LogP contribution in [0.15, 0.2) is 60.7 Å². The number of methoxy groups -OCH3 is 1. The minimum Gasteiger partial charge on any atom is -0.465 e. The molecule has 0 radical (unpaired) electrons. The van der Waals surface area contributed by atoms with E-state index in [-0.39, 0.29) is 5.91 Å². The molecule has 9 heteroatoms. The summed E-state index contributed by atoms with van der Waals surface area (Å²) in [5.74, 6) is -0.834. The van der Waals surface area contributed by atoms with Crippen LogP contribution in [-0.2, 0) is 14.8 Å². The van der Waals surface area contributed by atoms with Crippen LogP contribution in [0.25, 0.3) is 11.1 Å². The molecule has 8 nitrogen and oxygen atoms in total. The molecule has 0 unspecified atom stereocenters. The fourth-order valence-electron chi connectivity index (χ4n) is 3.52. The number of esters is 1. The molecule has 1 aliphatic heterocycles. The van der Waals surface area contributed by atoms with E-state index in [9.17, 15) is 18.0 Å². The molecule has 0 aromatic heterocycles. The highest BCUT2D eigenvalue weighted by molar-refractivity contribution is 7.92. The Morgan fingerprint density at radius 1 is 0.906 bits per heavy atom. The summed E-state index contributed by atoms with van der Waals surface area (Å²) < 4.78 is 30.2. The number of nitrogens with zero attached hydrogens (tertiary/aromatic N) is 1. The van der Waals surface area contributed by atoms with Gasteiger partial charge < -0.3 is 15.4 Å². The number of anilines is 4. The third-order valence-electron chi connectivity index (χ3n) is 5.27. The Balaban J connectivity index is 1.79. The number of para-hydroxylation sites is 1. The quantitative estimate of drug-likeness (QED) is 0.584. The number of amides is 1. The van der Waals surface area contributed by atoms with Crippen molar-refractivity contribution in [1.82, 2.24) is 0 Å². The maximum absolute atomic E-state index is 12.8. The summed E-state index contributed by atoms with van der Waals surface area (Å²) >= 11 is 0. The molecule has 3 aromatic carbocycles. The summed E-state index contributed by atoms with van der Waals surface area (Å²) in [6, 6.07) is 17.2. The second-order valence-electron chi connectivity index (χ2n) is 7.34. The molecule has 0 bridgehead atoms. The Labute approximate surface area is 185 Å². The molecule has 1 heterocycles. The van der Waals surface area contributed by atoms with E-state index in [0.29, 0.717) is 39.4 Å². The number of sulfonamides is 1. The monoisotopic (exact) mass is 451 g/mol. The molecular formula is C23H21N3O5S. The first-order valence-corrected chi connectivity index (χ1v) is 11.5. The largest absolute Gasteiger partial charge is 0.465 e. The maximum Gasteiger partial charge on any atom is 0.337 e. The van der Waals surface area contributed by atoms with Gasteiger partial charge in [0, 0.05) is 12.6 Å². The van der Waals surface area contributed by atoms with Gasteiger partial charge in [-0.25, -0.2) is 13.2 Å². The molecule has 1 amide bonds. The molecule has 2 N–H and O–H groups in total. The van der Waals surface area contributed by atoms with Gasteiger partial charge in [-0.05, 0) is 42.0 Å². The minimum atomic E-state index is -3.46. The third kappa shape index (κ3) is 3.90. The molecule has 0 saturated heterocycles. The van der Waals surface area contributed by atoms with Crippen LogP contribution in [0.5, 0.6) is 0 Å². The third-order valence-corrected chi connectivity index (χ3v) is 6.47. The Morgan fingerprint density at radius 2 is 1.66 bits per heavy atom. The van der Waals surface area contributed by atoms with Gasteiger partial charge in [0.25, 0.3) is 5.91 Å². The van der Waals surface area contributed by atoms with E-state index in [4.69, 9.17) is 4.74 Å². The van der Waals surface area contributed by atoms with E-state index in [1.165, 1.54) is 18.5 Å². The summed E-state index contributed by atoms with van der Waals surface area (Å²) in [4.78, 5) is 24.7. The lowest BCUT2D eigenvalue weighted by molar-refractivity contribution is 0.0600. The van der Waals surface area contributed by atoms with E-state index < -0.39 is 16.0 Å². The molecule has 0 aliphatic carbocycles. The van der Waals surface area contributed by atoms with Gasteiger partial charge in [-0.1, -0.05) is 24.3 Å². The summed E-state index contributed by atoms with van der Waals surface area (Å²) in [7, 11) is -0.664. The SMILES string of the molecule is COC(=O)c1ccc2c(c1)NC(=O)c1ccc(-c3ccccc3N(C)S(C)(=O)=O)cc1N2. The van der Waals surface area contributed by atoms with E-state index in [2.05, 4.69) is 10.6 Å². The second-order valence-corrected chi connectivity index (χ2v) is 9.35. The van der Waals surface area contributed by atoms with Crippen LogP contribution in [0, 0.1) is 0 Å². The number of carbonyl (C=O) groups is 2. The lowest BCUT2D eigenvalue weighted by atomic mass is 10.0. The Bertz CT molecular complexity index is 1350. The fraction of sp³-hybridized carbons (Fsp3) is 0.130. The lowest BCUT2D eigenvalue weighted by Gasteiger charge is -2.21. The number of ether oxygens (including phenoxy) is 1. The molecule has 4 rings (SSSR count). The molecule has 3 aromatic rings. The van der Waals surface area contributed by atoms with Gasteiger partial charge in [0.15, 0.2) is 0 Å². The number of fused-ring (bicyclic) bond motifs is 2. The van der Waals surface area contributed by atoms with Crippen LogP contribution < -0.4 is 14.9 Å². The fourth-order valence-corrected chi connectivity index (χ4v) is 4.04. The van der Waals surface area contributed by atoms with Crippen molar-refractivity contribution < 1.29 is 22.7 Å². The highest BCUT2D eigenvalue weighted by Crippen LogP contribution is 2.37. The van der Waals surface area contributed by atoms with Gasteiger partial charge in [-0.3, -0.25) is 9.10 Å². The topological polar surface area (TPSA) is 105 Å². The van der Waals surface area contributed by atoms with Crippen molar-refractivity contribution in [2.45, 2.75) is 0 Å². The van der Waals surface area contributed by atoms with Crippen molar-refractivity contribution in [2.75, 3.05) is 35.4 Å². The zero-order valence-electron chi connectivity index (χ0n) is 17.7. The summed E-state index contributed by atoms with van der Waals surface area (Å²) in [6.45, 7) is 0. The Kier molecular flexibility index (Phi) is 5.35. The van der Waals surface area contributed by atoms with Gasteiger partial charge >= 0.3 is 5.97 Å². The molecule has 0 spiro atoms. The summed E-state index contributed by atoms with van der Waals surface area (Å²) in [6.07, 6.45) is 1.15. The Hall–Kier alpha value is -3.85. The predicted octanol–water partition coefficient (Wildman–Crippen LogP) is 3.85. The van der Waals surface area contributed by atoms with Crippen molar-refractivity contribution in [3.63, 3.8) is 0 Å². The second kappa shape index (κ2) is 8.01. The first kappa shape index (κ1) is 21.4. The Morgan fingerprint density at radius 3 is 2.38 bits per heavy atom. The van der Waals surface area contributed by atoms with Crippen molar-refractivity contribution in [1.29, 1.82) is 0 Å². The average Bonchev–Trinajstić information content (AvgIpc) is 2.91.